The Morgan fingerprint density at radius 1 is 1.11 bits per heavy atom. The van der Waals surface area contributed by atoms with Crippen LogP contribution >= 0.6 is 0 Å². The van der Waals surface area contributed by atoms with Crippen LogP contribution in [0.4, 0.5) is 0 Å². The molecule has 0 spiro atoms. The van der Waals surface area contributed by atoms with E-state index in [9.17, 15) is 0 Å². The first-order valence-electron chi connectivity index (χ1n) is 7.64. The van der Waals surface area contributed by atoms with Gasteiger partial charge < -0.3 is 5.32 Å². The predicted molar refractivity (Wildman–Crippen MR) is 80.0 cm³/mol. The summed E-state index contributed by atoms with van der Waals surface area (Å²) in [6.45, 7) is 10.4. The molecule has 1 heterocycles. The topological polar surface area (TPSA) is 42.7 Å². The highest BCUT2D eigenvalue weighted by atomic mass is 15.3. The number of hydrogen-bond donors (Lipinski definition) is 1. The van der Waals surface area contributed by atoms with Crippen LogP contribution in [0.15, 0.2) is 6.33 Å². The lowest BCUT2D eigenvalue weighted by molar-refractivity contribution is 0.416. The third-order valence-corrected chi connectivity index (χ3v) is 3.10. The molecule has 0 bridgehead atoms. The summed E-state index contributed by atoms with van der Waals surface area (Å²) in [5.74, 6) is 0.890. The fourth-order valence-corrected chi connectivity index (χ4v) is 1.92. The Bertz CT molecular complexity index is 338. The quantitative estimate of drug-likeness (QED) is 0.695. The van der Waals surface area contributed by atoms with Crippen LogP contribution in [0.2, 0.25) is 0 Å². The van der Waals surface area contributed by atoms with Gasteiger partial charge in [0.15, 0.2) is 5.82 Å². The van der Waals surface area contributed by atoms with E-state index in [1.807, 2.05) is 11.0 Å². The van der Waals surface area contributed by atoms with Crippen LogP contribution in [0, 0.1) is 0 Å². The lowest BCUT2D eigenvalue weighted by Crippen LogP contribution is -2.35. The molecule has 110 valence electrons. The Hall–Kier alpha value is -0.900. The summed E-state index contributed by atoms with van der Waals surface area (Å²) in [4.78, 5) is 4.34. The van der Waals surface area contributed by atoms with Crippen LogP contribution < -0.4 is 5.32 Å². The van der Waals surface area contributed by atoms with Crippen LogP contribution in [0.1, 0.15) is 72.0 Å². The van der Waals surface area contributed by atoms with Gasteiger partial charge in [0.05, 0.1) is 6.54 Å². The van der Waals surface area contributed by atoms with Gasteiger partial charge in [-0.3, -0.25) is 4.68 Å². The Balaban J connectivity index is 2.16. The zero-order valence-electron chi connectivity index (χ0n) is 13.1. The van der Waals surface area contributed by atoms with Gasteiger partial charge in [0.25, 0.3) is 0 Å². The largest absolute Gasteiger partial charge is 0.305 e. The van der Waals surface area contributed by atoms with Gasteiger partial charge in [-0.2, -0.15) is 5.10 Å². The van der Waals surface area contributed by atoms with Crippen molar-refractivity contribution in [1.82, 2.24) is 20.1 Å². The monoisotopic (exact) mass is 266 g/mol. The van der Waals surface area contributed by atoms with E-state index >= 15 is 0 Å². The Labute approximate surface area is 118 Å². The van der Waals surface area contributed by atoms with E-state index in [0.717, 1.165) is 18.9 Å². The van der Waals surface area contributed by atoms with Gasteiger partial charge in [0, 0.05) is 12.1 Å². The summed E-state index contributed by atoms with van der Waals surface area (Å²) in [5.41, 5.74) is 0.116. The van der Waals surface area contributed by atoms with Gasteiger partial charge in [-0.15, -0.1) is 0 Å². The summed E-state index contributed by atoms with van der Waals surface area (Å²) >= 11 is 0. The zero-order chi connectivity index (χ0) is 14.1. The number of unbranched alkanes of at least 4 members (excludes halogenated alkanes) is 5. The minimum Gasteiger partial charge on any atom is -0.305 e. The number of aromatic nitrogens is 3. The van der Waals surface area contributed by atoms with Gasteiger partial charge in [0.1, 0.15) is 6.33 Å². The molecule has 1 rings (SSSR count). The number of nitrogens with zero attached hydrogens (tertiary/aromatic N) is 3. The fourth-order valence-electron chi connectivity index (χ4n) is 1.92. The molecule has 4 nitrogen and oxygen atoms in total. The Morgan fingerprint density at radius 3 is 2.47 bits per heavy atom. The summed E-state index contributed by atoms with van der Waals surface area (Å²) in [6, 6.07) is 0. The molecule has 19 heavy (non-hydrogen) atoms. The summed E-state index contributed by atoms with van der Waals surface area (Å²) in [6.07, 6.45) is 9.76. The molecule has 0 aliphatic rings. The Kier molecular flexibility index (Phi) is 7.06. The highest BCUT2D eigenvalue weighted by molar-refractivity contribution is 4.83. The van der Waals surface area contributed by atoms with Crippen molar-refractivity contribution in [2.75, 3.05) is 0 Å². The molecule has 0 saturated carbocycles. The first kappa shape index (κ1) is 16.2. The number of nitrogens with one attached hydrogen (secondary N) is 1. The second kappa shape index (κ2) is 8.31. The molecule has 4 heteroatoms. The summed E-state index contributed by atoms with van der Waals surface area (Å²) in [7, 11) is 0. The van der Waals surface area contributed by atoms with Crippen molar-refractivity contribution >= 4 is 0 Å². The van der Waals surface area contributed by atoms with E-state index in [4.69, 9.17) is 0 Å². The molecule has 1 N–H and O–H groups in total. The lowest BCUT2D eigenvalue weighted by atomic mass is 10.1. The third kappa shape index (κ3) is 7.98. The maximum atomic E-state index is 4.49. The van der Waals surface area contributed by atoms with Crippen molar-refractivity contribution in [2.24, 2.45) is 0 Å². The van der Waals surface area contributed by atoms with Crippen LogP contribution in [0.25, 0.3) is 0 Å². The normalized spacial score (nSPS) is 12.0. The highest BCUT2D eigenvalue weighted by Gasteiger charge is 2.10. The maximum absolute atomic E-state index is 4.49. The van der Waals surface area contributed by atoms with Crippen molar-refractivity contribution in [2.45, 2.75) is 84.8 Å². The summed E-state index contributed by atoms with van der Waals surface area (Å²) < 4.78 is 1.97. The minimum atomic E-state index is 0.116. The smallest absolute Gasteiger partial charge is 0.164 e. The zero-order valence-corrected chi connectivity index (χ0v) is 13.1. The minimum absolute atomic E-state index is 0.116. The van der Waals surface area contributed by atoms with Gasteiger partial charge in [-0.25, -0.2) is 4.98 Å². The molecule has 1 aromatic rings. The van der Waals surface area contributed by atoms with Crippen molar-refractivity contribution in [3.8, 4) is 0 Å². The number of aryl methyl sites for hydroxylation is 1. The first-order valence-corrected chi connectivity index (χ1v) is 7.64. The standard InChI is InChI=1S/C15H30N4/c1-5-6-7-8-9-10-11-19-13-16-14(18-19)12-17-15(2,3)4/h13,17H,5-12H2,1-4H3. The summed E-state index contributed by atoms with van der Waals surface area (Å²) in [5, 5.41) is 7.89. The molecule has 0 aliphatic heterocycles. The second-order valence-electron chi connectivity index (χ2n) is 6.30. The average molecular weight is 266 g/mol. The van der Waals surface area contributed by atoms with Crippen molar-refractivity contribution < 1.29 is 0 Å². The molecule has 1 aromatic heterocycles. The Morgan fingerprint density at radius 2 is 1.79 bits per heavy atom. The molecule has 0 aromatic carbocycles. The van der Waals surface area contributed by atoms with E-state index in [1.54, 1.807) is 0 Å². The van der Waals surface area contributed by atoms with Crippen LogP contribution in [-0.4, -0.2) is 20.3 Å². The van der Waals surface area contributed by atoms with Gasteiger partial charge in [-0.1, -0.05) is 39.0 Å². The number of hydrogen-bond acceptors (Lipinski definition) is 3. The molecule has 0 saturated heterocycles. The lowest BCUT2D eigenvalue weighted by Gasteiger charge is -2.19. The molecular weight excluding hydrogens is 236 g/mol. The predicted octanol–water partition coefficient (Wildman–Crippen LogP) is 3.53. The van der Waals surface area contributed by atoms with E-state index in [2.05, 4.69) is 43.1 Å². The molecular formula is C15H30N4. The van der Waals surface area contributed by atoms with E-state index in [1.165, 1.54) is 38.5 Å². The SMILES string of the molecule is CCCCCCCCn1cnc(CNC(C)(C)C)n1. The van der Waals surface area contributed by atoms with Crippen LogP contribution in [0.3, 0.4) is 0 Å². The highest BCUT2D eigenvalue weighted by Crippen LogP contribution is 2.06. The van der Waals surface area contributed by atoms with E-state index < -0.39 is 0 Å². The fraction of sp³-hybridized carbons (Fsp3) is 0.867. The van der Waals surface area contributed by atoms with E-state index in [-0.39, 0.29) is 5.54 Å². The molecule has 0 fully saturated rings. The van der Waals surface area contributed by atoms with Gasteiger partial charge in [-0.05, 0) is 27.2 Å². The molecule has 0 aliphatic carbocycles. The van der Waals surface area contributed by atoms with Crippen molar-refractivity contribution in [3.05, 3.63) is 12.2 Å². The average Bonchev–Trinajstić information content (AvgIpc) is 2.78. The second-order valence-corrected chi connectivity index (χ2v) is 6.30. The maximum Gasteiger partial charge on any atom is 0.164 e. The third-order valence-electron chi connectivity index (χ3n) is 3.10. The first-order chi connectivity index (χ1) is 9.01. The van der Waals surface area contributed by atoms with Crippen LogP contribution in [0.5, 0.6) is 0 Å². The van der Waals surface area contributed by atoms with Gasteiger partial charge in [0.2, 0.25) is 0 Å². The number of rotatable bonds is 9. The van der Waals surface area contributed by atoms with E-state index in [0.29, 0.717) is 0 Å². The van der Waals surface area contributed by atoms with Gasteiger partial charge >= 0.3 is 0 Å². The molecule has 0 radical (unpaired) electrons. The molecule has 0 unspecified atom stereocenters. The van der Waals surface area contributed by atoms with Crippen LogP contribution in [-0.2, 0) is 13.1 Å². The van der Waals surface area contributed by atoms with Crippen molar-refractivity contribution in [1.29, 1.82) is 0 Å². The van der Waals surface area contributed by atoms with Crippen molar-refractivity contribution in [3.63, 3.8) is 0 Å². The molecule has 0 atom stereocenters. The molecule has 0 amide bonds.